The molecule has 1 aliphatic rings. The summed E-state index contributed by atoms with van der Waals surface area (Å²) in [6.07, 6.45) is 5.67. The molecule has 11 nitrogen and oxygen atoms in total. The molecule has 11 heteroatoms. The Labute approximate surface area is 220 Å². The van der Waals surface area contributed by atoms with Gasteiger partial charge in [0.15, 0.2) is 0 Å². The van der Waals surface area contributed by atoms with Crippen LogP contribution < -0.4 is 21.3 Å². The van der Waals surface area contributed by atoms with Crippen LogP contribution in [0.5, 0.6) is 0 Å². The van der Waals surface area contributed by atoms with Gasteiger partial charge in [-0.25, -0.2) is 19.7 Å². The molecule has 4 heterocycles. The lowest BCUT2D eigenvalue weighted by atomic mass is 10.0. The zero-order chi connectivity index (χ0) is 26.3. The summed E-state index contributed by atoms with van der Waals surface area (Å²) in [6.45, 7) is 3.31. The minimum Gasteiger partial charge on any atom is -0.370 e. The standard InChI is InChI=1S/C27H29N9O2/c1-28-26(37)21-8-10-31-25-18(3-2-4-20(21)25)7-9-29-24-15-22(34-17-35-24)19-5-6-23(33-16-19)30-11-13-36-14-12-32-27(36)38/h2-6,8,10,15-17H,7,9,11-14H2,1H3,(H,28,37)(H,30,33)(H,32,38)(H,29,34,35). The molecule has 1 saturated heterocycles. The SMILES string of the molecule is CNC(=O)c1ccnc2c(CCNc3cc(-c4ccc(NCCN5CCNC5=O)nc4)ncn3)cccc12. The third kappa shape index (κ3) is 5.61. The Hall–Kier alpha value is -4.80. The highest BCUT2D eigenvalue weighted by Crippen LogP contribution is 2.22. The minimum absolute atomic E-state index is 0.0211. The van der Waals surface area contributed by atoms with Crippen molar-refractivity contribution in [2.24, 2.45) is 0 Å². The van der Waals surface area contributed by atoms with Crippen LogP contribution in [-0.2, 0) is 6.42 Å². The van der Waals surface area contributed by atoms with Crippen LogP contribution in [0.1, 0.15) is 15.9 Å². The smallest absolute Gasteiger partial charge is 0.317 e. The van der Waals surface area contributed by atoms with E-state index in [0.29, 0.717) is 44.0 Å². The van der Waals surface area contributed by atoms with Gasteiger partial charge in [0.2, 0.25) is 0 Å². The zero-order valence-electron chi connectivity index (χ0n) is 21.1. The molecule has 0 radical (unpaired) electrons. The molecule has 5 rings (SSSR count). The van der Waals surface area contributed by atoms with Crippen molar-refractivity contribution in [1.82, 2.24) is 35.5 Å². The third-order valence-corrected chi connectivity index (χ3v) is 6.39. The first-order valence-electron chi connectivity index (χ1n) is 12.5. The fourth-order valence-corrected chi connectivity index (χ4v) is 4.40. The highest BCUT2D eigenvalue weighted by atomic mass is 16.2. The maximum atomic E-state index is 12.2. The molecule has 0 unspecified atom stereocenters. The summed E-state index contributed by atoms with van der Waals surface area (Å²) in [5.41, 5.74) is 4.12. The number of hydrogen-bond acceptors (Lipinski definition) is 8. The second-order valence-electron chi connectivity index (χ2n) is 8.79. The molecule has 4 N–H and O–H groups in total. The number of benzene rings is 1. The fourth-order valence-electron chi connectivity index (χ4n) is 4.40. The van der Waals surface area contributed by atoms with Crippen LogP contribution in [0.3, 0.4) is 0 Å². The number of anilines is 2. The van der Waals surface area contributed by atoms with Crippen molar-refractivity contribution in [2.45, 2.75) is 6.42 Å². The molecular formula is C27H29N9O2. The molecule has 3 aromatic heterocycles. The molecule has 0 saturated carbocycles. The largest absolute Gasteiger partial charge is 0.370 e. The summed E-state index contributed by atoms with van der Waals surface area (Å²) >= 11 is 0. The number of urea groups is 1. The molecule has 4 aromatic rings. The molecular weight excluding hydrogens is 482 g/mol. The first-order valence-corrected chi connectivity index (χ1v) is 12.5. The number of para-hydroxylation sites is 1. The van der Waals surface area contributed by atoms with Crippen molar-refractivity contribution < 1.29 is 9.59 Å². The van der Waals surface area contributed by atoms with E-state index in [-0.39, 0.29) is 11.9 Å². The van der Waals surface area contributed by atoms with Gasteiger partial charge in [-0.2, -0.15) is 0 Å². The summed E-state index contributed by atoms with van der Waals surface area (Å²) in [7, 11) is 1.62. The molecule has 194 valence electrons. The Bertz CT molecular complexity index is 1440. The van der Waals surface area contributed by atoms with Crippen molar-refractivity contribution in [2.75, 3.05) is 50.4 Å². The lowest BCUT2D eigenvalue weighted by Gasteiger charge is -2.14. The summed E-state index contributed by atoms with van der Waals surface area (Å²) in [5.74, 6) is 1.32. The number of nitrogens with one attached hydrogen (secondary N) is 4. The zero-order valence-corrected chi connectivity index (χ0v) is 21.1. The van der Waals surface area contributed by atoms with Crippen LogP contribution in [0.25, 0.3) is 22.2 Å². The van der Waals surface area contributed by atoms with Gasteiger partial charge in [0.05, 0.1) is 16.8 Å². The van der Waals surface area contributed by atoms with E-state index in [9.17, 15) is 9.59 Å². The lowest BCUT2D eigenvalue weighted by molar-refractivity contribution is 0.0964. The van der Waals surface area contributed by atoms with E-state index in [1.807, 2.05) is 36.4 Å². The normalized spacial score (nSPS) is 12.9. The number of rotatable bonds is 10. The van der Waals surface area contributed by atoms with Crippen molar-refractivity contribution >= 4 is 34.5 Å². The van der Waals surface area contributed by atoms with E-state index < -0.39 is 0 Å². The number of nitrogens with zero attached hydrogens (tertiary/aromatic N) is 5. The number of carbonyl (C=O) groups is 2. The summed E-state index contributed by atoms with van der Waals surface area (Å²) in [4.78, 5) is 43.4. The Morgan fingerprint density at radius 2 is 1.92 bits per heavy atom. The highest BCUT2D eigenvalue weighted by molar-refractivity contribution is 6.06. The van der Waals surface area contributed by atoms with Gasteiger partial charge < -0.3 is 26.2 Å². The van der Waals surface area contributed by atoms with Crippen LogP contribution in [-0.4, -0.2) is 76.5 Å². The van der Waals surface area contributed by atoms with E-state index in [2.05, 4.69) is 41.2 Å². The number of hydrogen-bond donors (Lipinski definition) is 4. The number of amides is 3. The first kappa shape index (κ1) is 24.9. The van der Waals surface area contributed by atoms with Crippen LogP contribution in [0.2, 0.25) is 0 Å². The Balaban J connectivity index is 1.18. The molecule has 0 atom stereocenters. The van der Waals surface area contributed by atoms with Gasteiger partial charge in [-0.15, -0.1) is 0 Å². The van der Waals surface area contributed by atoms with Crippen LogP contribution >= 0.6 is 0 Å². The lowest BCUT2D eigenvalue weighted by Crippen LogP contribution is -2.32. The monoisotopic (exact) mass is 511 g/mol. The van der Waals surface area contributed by atoms with E-state index in [4.69, 9.17) is 0 Å². The Morgan fingerprint density at radius 3 is 2.71 bits per heavy atom. The van der Waals surface area contributed by atoms with Crippen molar-refractivity contribution in [3.05, 3.63) is 72.3 Å². The maximum Gasteiger partial charge on any atom is 0.317 e. The molecule has 1 aromatic carbocycles. The van der Waals surface area contributed by atoms with Crippen LogP contribution in [0, 0.1) is 0 Å². The van der Waals surface area contributed by atoms with Gasteiger partial charge in [0, 0.05) is 69.2 Å². The second-order valence-corrected chi connectivity index (χ2v) is 8.79. The number of pyridine rings is 2. The van der Waals surface area contributed by atoms with Gasteiger partial charge in [-0.3, -0.25) is 9.78 Å². The summed E-state index contributed by atoms with van der Waals surface area (Å²) in [5, 5.41) is 12.9. The van der Waals surface area contributed by atoms with E-state index >= 15 is 0 Å². The molecule has 0 bridgehead atoms. The molecule has 38 heavy (non-hydrogen) atoms. The highest BCUT2D eigenvalue weighted by Gasteiger charge is 2.18. The maximum absolute atomic E-state index is 12.2. The Kier molecular flexibility index (Phi) is 7.53. The predicted octanol–water partition coefficient (Wildman–Crippen LogP) is 2.54. The number of fused-ring (bicyclic) bond motifs is 1. The van der Waals surface area contributed by atoms with E-state index in [0.717, 1.165) is 40.1 Å². The van der Waals surface area contributed by atoms with Gasteiger partial charge >= 0.3 is 6.03 Å². The summed E-state index contributed by atoms with van der Waals surface area (Å²) in [6, 6.07) is 13.3. The molecule has 1 aliphatic heterocycles. The van der Waals surface area contributed by atoms with Crippen LogP contribution in [0.4, 0.5) is 16.4 Å². The Morgan fingerprint density at radius 1 is 1.03 bits per heavy atom. The van der Waals surface area contributed by atoms with Gasteiger partial charge in [0.1, 0.15) is 18.0 Å². The summed E-state index contributed by atoms with van der Waals surface area (Å²) < 4.78 is 0. The number of carbonyl (C=O) groups excluding carboxylic acids is 2. The van der Waals surface area contributed by atoms with Crippen LogP contribution in [0.15, 0.2) is 61.2 Å². The predicted molar refractivity (Wildman–Crippen MR) is 146 cm³/mol. The number of aromatic nitrogens is 4. The van der Waals surface area contributed by atoms with E-state index in [1.165, 1.54) is 6.33 Å². The topological polar surface area (TPSA) is 137 Å². The van der Waals surface area contributed by atoms with Gasteiger partial charge in [-0.1, -0.05) is 18.2 Å². The fraction of sp³-hybridized carbons (Fsp3) is 0.259. The van der Waals surface area contributed by atoms with E-state index in [1.54, 1.807) is 30.4 Å². The van der Waals surface area contributed by atoms with Gasteiger partial charge in [0.25, 0.3) is 5.91 Å². The quantitative estimate of drug-likeness (QED) is 0.255. The van der Waals surface area contributed by atoms with Crippen molar-refractivity contribution in [3.63, 3.8) is 0 Å². The van der Waals surface area contributed by atoms with Crippen molar-refractivity contribution in [3.8, 4) is 11.3 Å². The molecule has 0 spiro atoms. The molecule has 1 fully saturated rings. The molecule has 0 aliphatic carbocycles. The average Bonchev–Trinajstić information content (AvgIpc) is 3.37. The second kappa shape index (κ2) is 11.5. The average molecular weight is 512 g/mol. The first-order chi connectivity index (χ1) is 18.6. The van der Waals surface area contributed by atoms with Gasteiger partial charge in [-0.05, 0) is 30.2 Å². The van der Waals surface area contributed by atoms with Crippen molar-refractivity contribution in [1.29, 1.82) is 0 Å². The third-order valence-electron chi connectivity index (χ3n) is 6.39. The molecule has 3 amide bonds. The minimum atomic E-state index is -0.129.